The van der Waals surface area contributed by atoms with Crippen molar-refractivity contribution in [3.8, 4) is 0 Å². The van der Waals surface area contributed by atoms with E-state index in [0.29, 0.717) is 19.3 Å². The average molecular weight is 1060 g/mol. The highest BCUT2D eigenvalue weighted by Gasteiger charge is 2.19. The second-order valence-electron chi connectivity index (χ2n) is 21.3. The molecule has 0 aromatic carbocycles. The van der Waals surface area contributed by atoms with Gasteiger partial charge in [0.15, 0.2) is 6.10 Å². The van der Waals surface area contributed by atoms with E-state index in [-0.39, 0.29) is 31.1 Å². The van der Waals surface area contributed by atoms with Crippen LogP contribution in [0.4, 0.5) is 0 Å². The summed E-state index contributed by atoms with van der Waals surface area (Å²) in [4.78, 5) is 38.3. The van der Waals surface area contributed by atoms with Gasteiger partial charge >= 0.3 is 17.9 Å². The molecule has 0 bridgehead atoms. The van der Waals surface area contributed by atoms with Gasteiger partial charge in [0.25, 0.3) is 0 Å². The Morgan fingerprint density at radius 2 is 0.526 bits per heavy atom. The zero-order valence-electron chi connectivity index (χ0n) is 50.0. The molecule has 0 amide bonds. The fraction of sp³-hybridized carbons (Fsp3) is 0.729. The maximum absolute atomic E-state index is 12.9. The molecule has 0 N–H and O–H groups in total. The monoisotopic (exact) mass is 1060 g/mol. The highest BCUT2D eigenvalue weighted by Crippen LogP contribution is 2.16. The minimum atomic E-state index is -0.788. The number of hydrogen-bond donors (Lipinski definition) is 0. The number of hydrogen-bond acceptors (Lipinski definition) is 6. The molecule has 0 radical (unpaired) electrons. The largest absolute Gasteiger partial charge is 0.462 e. The summed E-state index contributed by atoms with van der Waals surface area (Å²) in [5.74, 6) is -0.896. The van der Waals surface area contributed by atoms with Crippen LogP contribution in [0.2, 0.25) is 0 Å². The summed E-state index contributed by atoms with van der Waals surface area (Å²) < 4.78 is 16.9. The van der Waals surface area contributed by atoms with Crippen molar-refractivity contribution in [1.29, 1.82) is 0 Å². The number of carbonyl (C=O) groups is 3. The smallest absolute Gasteiger partial charge is 0.306 e. The molecule has 0 aromatic heterocycles. The zero-order valence-corrected chi connectivity index (χ0v) is 50.0. The van der Waals surface area contributed by atoms with Crippen LogP contribution in [0.5, 0.6) is 0 Å². The first kappa shape index (κ1) is 72.3. The number of allylic oxidation sites excluding steroid dienone is 16. The first-order valence-corrected chi connectivity index (χ1v) is 32.2. The molecular formula is C70H120O6. The van der Waals surface area contributed by atoms with Gasteiger partial charge in [-0.3, -0.25) is 14.4 Å². The number of rotatable bonds is 58. The standard InChI is InChI=1S/C70H120O6/c1-4-7-10-13-16-19-22-25-28-30-31-32-33-34-35-36-37-38-39-41-42-45-48-51-54-57-60-63-69(72)75-66-67(65-74-68(71)62-59-56-53-50-47-44-27-24-21-18-15-12-9-6-3)76-70(73)64-61-58-55-52-49-46-43-40-29-26-23-20-17-14-11-8-5-2/h7,10,15-16,18-19,24-29,31-32,34-35,67H,4-6,8-9,11-14,17,20-23,30,33,36-66H2,1-3H3/b10-7-,18-15-,19-16-,27-24-,28-25-,29-26-,32-31-,35-34-. The van der Waals surface area contributed by atoms with Crippen molar-refractivity contribution < 1.29 is 28.6 Å². The van der Waals surface area contributed by atoms with Crippen molar-refractivity contribution in [2.75, 3.05) is 13.2 Å². The summed E-state index contributed by atoms with van der Waals surface area (Å²) in [5, 5.41) is 0. The molecule has 0 aliphatic rings. The third-order valence-corrected chi connectivity index (χ3v) is 13.8. The average Bonchev–Trinajstić information content (AvgIpc) is 3.42. The Morgan fingerprint density at radius 3 is 0.855 bits per heavy atom. The summed E-state index contributed by atoms with van der Waals surface area (Å²) >= 11 is 0. The molecule has 0 saturated carbocycles. The van der Waals surface area contributed by atoms with Gasteiger partial charge in [-0.2, -0.15) is 0 Å². The van der Waals surface area contributed by atoms with Crippen LogP contribution in [0, 0.1) is 0 Å². The van der Waals surface area contributed by atoms with Gasteiger partial charge in [0, 0.05) is 19.3 Å². The van der Waals surface area contributed by atoms with Crippen LogP contribution in [-0.2, 0) is 28.6 Å². The SMILES string of the molecule is CC/C=C\C/C=C\C/C=C\C/C=C\C/C=C\CCCCCCCCCCCCCC(=O)OCC(COC(=O)CCCCCCC/C=C\C/C=C\CCCC)OC(=O)CCCCCCCCC/C=C\CCCCCCCC. The van der Waals surface area contributed by atoms with Gasteiger partial charge in [0.2, 0.25) is 0 Å². The van der Waals surface area contributed by atoms with Crippen LogP contribution in [0.3, 0.4) is 0 Å². The van der Waals surface area contributed by atoms with Gasteiger partial charge in [0.1, 0.15) is 13.2 Å². The topological polar surface area (TPSA) is 78.9 Å². The first-order chi connectivity index (χ1) is 37.5. The lowest BCUT2D eigenvalue weighted by atomic mass is 10.0. The van der Waals surface area contributed by atoms with Crippen LogP contribution in [0.25, 0.3) is 0 Å². The van der Waals surface area contributed by atoms with E-state index in [1.165, 1.54) is 161 Å². The zero-order chi connectivity index (χ0) is 55.0. The van der Waals surface area contributed by atoms with Gasteiger partial charge in [-0.05, 0) is 116 Å². The van der Waals surface area contributed by atoms with Gasteiger partial charge in [-0.25, -0.2) is 0 Å². The van der Waals surface area contributed by atoms with Crippen LogP contribution < -0.4 is 0 Å². The van der Waals surface area contributed by atoms with Crippen LogP contribution >= 0.6 is 0 Å². The van der Waals surface area contributed by atoms with E-state index in [0.717, 1.165) is 109 Å². The summed E-state index contributed by atoms with van der Waals surface area (Å²) in [6.45, 7) is 6.49. The molecule has 0 rings (SSSR count). The van der Waals surface area contributed by atoms with Gasteiger partial charge in [0.05, 0.1) is 0 Å². The molecule has 1 unspecified atom stereocenters. The molecule has 0 saturated heterocycles. The summed E-state index contributed by atoms with van der Waals surface area (Å²) in [6.07, 6.45) is 85.5. The predicted molar refractivity (Wildman–Crippen MR) is 330 cm³/mol. The second-order valence-corrected chi connectivity index (χ2v) is 21.3. The predicted octanol–water partition coefficient (Wildman–Crippen LogP) is 22.0. The van der Waals surface area contributed by atoms with Crippen molar-refractivity contribution >= 4 is 17.9 Å². The minimum absolute atomic E-state index is 0.0843. The van der Waals surface area contributed by atoms with Gasteiger partial charge in [-0.15, -0.1) is 0 Å². The molecule has 1 atom stereocenters. The lowest BCUT2D eigenvalue weighted by Gasteiger charge is -2.18. The summed E-state index contributed by atoms with van der Waals surface area (Å²) in [7, 11) is 0. The fourth-order valence-corrected chi connectivity index (χ4v) is 8.95. The van der Waals surface area contributed by atoms with E-state index in [1.54, 1.807) is 0 Å². The fourth-order valence-electron chi connectivity index (χ4n) is 8.95. The summed E-state index contributed by atoms with van der Waals surface area (Å²) in [5.41, 5.74) is 0. The van der Waals surface area contributed by atoms with Crippen molar-refractivity contribution in [2.45, 2.75) is 316 Å². The van der Waals surface area contributed by atoms with E-state index < -0.39 is 6.10 Å². The summed E-state index contributed by atoms with van der Waals surface area (Å²) in [6, 6.07) is 0. The highest BCUT2D eigenvalue weighted by molar-refractivity contribution is 5.71. The third-order valence-electron chi connectivity index (χ3n) is 13.8. The normalized spacial score (nSPS) is 12.7. The van der Waals surface area contributed by atoms with Crippen molar-refractivity contribution in [3.05, 3.63) is 97.2 Å². The molecule has 0 aromatic rings. The second kappa shape index (κ2) is 63.9. The Morgan fingerprint density at radius 1 is 0.276 bits per heavy atom. The van der Waals surface area contributed by atoms with Crippen molar-refractivity contribution in [3.63, 3.8) is 0 Å². The molecule has 0 aliphatic carbocycles. The van der Waals surface area contributed by atoms with Gasteiger partial charge in [-0.1, -0.05) is 272 Å². The molecular weight excluding hydrogens is 937 g/mol. The van der Waals surface area contributed by atoms with E-state index >= 15 is 0 Å². The Hall–Kier alpha value is -3.67. The van der Waals surface area contributed by atoms with Crippen LogP contribution in [0.1, 0.15) is 310 Å². The van der Waals surface area contributed by atoms with Crippen molar-refractivity contribution in [2.24, 2.45) is 0 Å². The van der Waals surface area contributed by atoms with Gasteiger partial charge < -0.3 is 14.2 Å². The van der Waals surface area contributed by atoms with E-state index in [9.17, 15) is 14.4 Å². The molecule has 0 heterocycles. The van der Waals surface area contributed by atoms with E-state index in [4.69, 9.17) is 14.2 Å². The van der Waals surface area contributed by atoms with Crippen molar-refractivity contribution in [1.82, 2.24) is 0 Å². The number of esters is 3. The van der Waals surface area contributed by atoms with Crippen LogP contribution in [0.15, 0.2) is 97.2 Å². The first-order valence-electron chi connectivity index (χ1n) is 32.2. The minimum Gasteiger partial charge on any atom is -0.462 e. The van der Waals surface area contributed by atoms with E-state index in [2.05, 4.69) is 118 Å². The molecule has 76 heavy (non-hydrogen) atoms. The molecule has 436 valence electrons. The lowest BCUT2D eigenvalue weighted by Crippen LogP contribution is -2.30. The Labute approximate surface area is 470 Å². The lowest BCUT2D eigenvalue weighted by molar-refractivity contribution is -0.167. The quantitative estimate of drug-likeness (QED) is 0.0261. The molecule has 6 nitrogen and oxygen atoms in total. The Balaban J connectivity index is 4.32. The molecule has 0 fully saturated rings. The Bertz CT molecular complexity index is 1490. The maximum atomic E-state index is 12.9. The molecule has 0 spiro atoms. The third kappa shape index (κ3) is 61.2. The number of carbonyl (C=O) groups excluding carboxylic acids is 3. The number of unbranched alkanes of at least 4 members (excludes halogenated alkanes) is 31. The Kier molecular flexibility index (Phi) is 60.8. The molecule has 0 aliphatic heterocycles. The number of ether oxygens (including phenoxy) is 3. The van der Waals surface area contributed by atoms with Crippen LogP contribution in [-0.4, -0.2) is 37.2 Å². The highest BCUT2D eigenvalue weighted by atomic mass is 16.6. The maximum Gasteiger partial charge on any atom is 0.306 e. The van der Waals surface area contributed by atoms with E-state index in [1.807, 2.05) is 0 Å². The molecule has 6 heteroatoms.